The topological polar surface area (TPSA) is 48.6 Å². The number of nitrogens with zero attached hydrogens (tertiary/aromatic N) is 2. The zero-order chi connectivity index (χ0) is 20.6. The molecule has 0 bridgehead atoms. The average Bonchev–Trinajstić information content (AvgIpc) is 3.17. The summed E-state index contributed by atoms with van der Waals surface area (Å²) in [7, 11) is 1.66. The number of fused-ring (bicyclic) bond motifs is 1. The van der Waals surface area contributed by atoms with Crippen LogP contribution < -0.4 is 9.64 Å². The second kappa shape index (κ2) is 7.43. The highest BCUT2D eigenvalue weighted by Gasteiger charge is 2.36. The lowest BCUT2D eigenvalue weighted by molar-refractivity contribution is -0.136. The molecule has 0 atom stereocenters. The quantitative estimate of drug-likeness (QED) is 0.728. The Kier molecular flexibility index (Phi) is 4.94. The van der Waals surface area contributed by atoms with E-state index in [1.54, 1.807) is 13.2 Å². The molecule has 0 radical (unpaired) electrons. The molecule has 6 heteroatoms. The van der Waals surface area contributed by atoms with E-state index < -0.39 is 5.41 Å². The minimum atomic E-state index is -0.696. The molecule has 2 aromatic carbocycles. The first-order valence-corrected chi connectivity index (χ1v) is 9.85. The Bertz CT molecular complexity index is 1020. The summed E-state index contributed by atoms with van der Waals surface area (Å²) in [5.41, 5.74) is 2.05. The van der Waals surface area contributed by atoms with Crippen LogP contribution in [0.4, 0.5) is 10.1 Å². The third-order valence-electron chi connectivity index (χ3n) is 5.86. The van der Waals surface area contributed by atoms with Crippen LogP contribution in [0.25, 0.3) is 10.9 Å². The molecule has 0 saturated carbocycles. The number of piperazine rings is 1. The molecule has 2 heterocycles. The largest absolute Gasteiger partial charge is 0.497 e. The van der Waals surface area contributed by atoms with Gasteiger partial charge in [0.05, 0.1) is 12.5 Å². The van der Waals surface area contributed by atoms with Crippen LogP contribution in [0.3, 0.4) is 0 Å². The van der Waals surface area contributed by atoms with Crippen molar-refractivity contribution in [2.24, 2.45) is 0 Å². The number of carbonyl (C=O) groups excluding carboxylic acids is 1. The van der Waals surface area contributed by atoms with Crippen LogP contribution in [0.15, 0.2) is 48.7 Å². The fourth-order valence-electron chi connectivity index (χ4n) is 4.09. The van der Waals surface area contributed by atoms with Gasteiger partial charge in [-0.1, -0.05) is 0 Å². The van der Waals surface area contributed by atoms with Crippen molar-refractivity contribution < 1.29 is 13.9 Å². The molecule has 1 saturated heterocycles. The van der Waals surface area contributed by atoms with Crippen LogP contribution in [-0.4, -0.2) is 49.1 Å². The number of carbonyl (C=O) groups is 1. The molecule has 1 aromatic heterocycles. The Balaban J connectivity index is 1.48. The van der Waals surface area contributed by atoms with Crippen LogP contribution in [0.5, 0.6) is 5.75 Å². The summed E-state index contributed by atoms with van der Waals surface area (Å²) >= 11 is 0. The summed E-state index contributed by atoms with van der Waals surface area (Å²) < 4.78 is 18.7. The van der Waals surface area contributed by atoms with Crippen LogP contribution in [0, 0.1) is 5.82 Å². The molecule has 5 nitrogen and oxygen atoms in total. The van der Waals surface area contributed by atoms with Crippen molar-refractivity contribution in [2.45, 2.75) is 19.3 Å². The Morgan fingerprint density at radius 1 is 1.07 bits per heavy atom. The monoisotopic (exact) mass is 395 g/mol. The lowest BCUT2D eigenvalue weighted by Gasteiger charge is -2.39. The van der Waals surface area contributed by atoms with Crippen LogP contribution in [0.2, 0.25) is 0 Å². The number of aromatic amines is 1. The van der Waals surface area contributed by atoms with E-state index in [1.165, 1.54) is 12.1 Å². The number of nitrogens with one attached hydrogen (secondary N) is 1. The molecule has 3 aromatic rings. The molecule has 1 N–H and O–H groups in total. The summed E-state index contributed by atoms with van der Waals surface area (Å²) in [6.07, 6.45) is 1.83. The molecule has 4 rings (SSSR count). The second-order valence-corrected chi connectivity index (χ2v) is 7.99. The van der Waals surface area contributed by atoms with Gasteiger partial charge in [-0.05, 0) is 61.9 Å². The highest BCUT2D eigenvalue weighted by molar-refractivity contribution is 5.94. The van der Waals surface area contributed by atoms with Crippen molar-refractivity contribution in [1.29, 1.82) is 0 Å². The predicted octanol–water partition coefficient (Wildman–Crippen LogP) is 3.94. The summed E-state index contributed by atoms with van der Waals surface area (Å²) in [4.78, 5) is 20.7. The highest BCUT2D eigenvalue weighted by Crippen LogP contribution is 2.33. The van der Waals surface area contributed by atoms with E-state index in [9.17, 15) is 9.18 Å². The molecular weight excluding hydrogens is 369 g/mol. The highest BCUT2D eigenvalue weighted by atomic mass is 19.1. The average molecular weight is 395 g/mol. The second-order valence-electron chi connectivity index (χ2n) is 7.99. The Hall–Kier alpha value is -3.02. The van der Waals surface area contributed by atoms with E-state index >= 15 is 0 Å². The molecule has 1 amide bonds. The number of benzene rings is 2. The van der Waals surface area contributed by atoms with Gasteiger partial charge in [0, 0.05) is 49.0 Å². The Labute approximate surface area is 170 Å². The fraction of sp³-hybridized carbons (Fsp3) is 0.348. The minimum absolute atomic E-state index is 0.0945. The molecule has 1 aliphatic rings. The molecule has 29 heavy (non-hydrogen) atoms. The number of anilines is 1. The van der Waals surface area contributed by atoms with Gasteiger partial charge in [0.15, 0.2) is 0 Å². The predicted molar refractivity (Wildman–Crippen MR) is 113 cm³/mol. The summed E-state index contributed by atoms with van der Waals surface area (Å²) in [6.45, 7) is 6.80. The Morgan fingerprint density at radius 3 is 2.41 bits per heavy atom. The SMILES string of the molecule is COc1ccc(N2CCN(C(=O)C(C)(C)c3c[nH]c4cc(F)ccc34)CC2)cc1. The van der Waals surface area contributed by atoms with Gasteiger partial charge in [-0.2, -0.15) is 0 Å². The smallest absolute Gasteiger partial charge is 0.232 e. The molecule has 1 aliphatic heterocycles. The third kappa shape index (κ3) is 3.55. The van der Waals surface area contributed by atoms with Gasteiger partial charge in [0.2, 0.25) is 5.91 Å². The minimum Gasteiger partial charge on any atom is -0.497 e. The number of amides is 1. The number of hydrogen-bond donors (Lipinski definition) is 1. The lowest BCUT2D eigenvalue weighted by Crippen LogP contribution is -2.53. The van der Waals surface area contributed by atoms with Gasteiger partial charge < -0.3 is 19.5 Å². The molecule has 0 spiro atoms. The number of halogens is 1. The lowest BCUT2D eigenvalue weighted by atomic mass is 9.82. The van der Waals surface area contributed by atoms with Crippen LogP contribution in [-0.2, 0) is 10.2 Å². The van der Waals surface area contributed by atoms with E-state index in [2.05, 4.69) is 9.88 Å². The molecule has 152 valence electrons. The first-order chi connectivity index (χ1) is 13.9. The van der Waals surface area contributed by atoms with Crippen molar-refractivity contribution >= 4 is 22.5 Å². The third-order valence-corrected chi connectivity index (χ3v) is 5.86. The number of rotatable bonds is 4. The summed E-state index contributed by atoms with van der Waals surface area (Å²) in [5.74, 6) is 0.643. The molecule has 0 aliphatic carbocycles. The standard InChI is InChI=1S/C23H26FN3O2/c1-23(2,20-15-25-21-14-16(24)4-9-19(20)21)22(28)27-12-10-26(11-13-27)17-5-7-18(29-3)8-6-17/h4-9,14-15,25H,10-13H2,1-3H3. The zero-order valence-corrected chi connectivity index (χ0v) is 17.0. The van der Waals surface area contributed by atoms with Crippen LogP contribution in [0.1, 0.15) is 19.4 Å². The van der Waals surface area contributed by atoms with Crippen molar-refractivity contribution in [1.82, 2.24) is 9.88 Å². The van der Waals surface area contributed by atoms with E-state index in [4.69, 9.17) is 4.74 Å². The van der Waals surface area contributed by atoms with Gasteiger partial charge in [0.25, 0.3) is 0 Å². The van der Waals surface area contributed by atoms with Crippen molar-refractivity contribution in [3.05, 3.63) is 60.0 Å². The van der Waals surface area contributed by atoms with E-state index in [0.29, 0.717) is 18.6 Å². The first kappa shape index (κ1) is 19.3. The fourth-order valence-corrected chi connectivity index (χ4v) is 4.09. The summed E-state index contributed by atoms with van der Waals surface area (Å²) in [5, 5.41) is 0.890. The molecular formula is C23H26FN3O2. The number of H-pyrrole nitrogens is 1. The number of aromatic nitrogens is 1. The Morgan fingerprint density at radius 2 is 1.76 bits per heavy atom. The first-order valence-electron chi connectivity index (χ1n) is 9.85. The maximum absolute atomic E-state index is 13.5. The maximum Gasteiger partial charge on any atom is 0.232 e. The number of hydrogen-bond acceptors (Lipinski definition) is 3. The van der Waals surface area contributed by atoms with E-state index in [-0.39, 0.29) is 11.7 Å². The van der Waals surface area contributed by atoms with E-state index in [1.807, 2.05) is 49.2 Å². The van der Waals surface area contributed by atoms with Crippen molar-refractivity contribution in [3.8, 4) is 5.75 Å². The summed E-state index contributed by atoms with van der Waals surface area (Å²) in [6, 6.07) is 12.6. The molecule has 0 unspecified atom stereocenters. The number of methoxy groups -OCH3 is 1. The van der Waals surface area contributed by atoms with Crippen molar-refractivity contribution in [3.63, 3.8) is 0 Å². The van der Waals surface area contributed by atoms with Gasteiger partial charge in [0.1, 0.15) is 11.6 Å². The molecule has 1 fully saturated rings. The normalized spacial score (nSPS) is 15.0. The number of ether oxygens (including phenoxy) is 1. The van der Waals surface area contributed by atoms with Gasteiger partial charge in [-0.15, -0.1) is 0 Å². The van der Waals surface area contributed by atoms with Gasteiger partial charge >= 0.3 is 0 Å². The van der Waals surface area contributed by atoms with Crippen molar-refractivity contribution in [2.75, 3.05) is 38.2 Å². The van der Waals surface area contributed by atoms with E-state index in [0.717, 1.165) is 35.5 Å². The maximum atomic E-state index is 13.5. The van der Waals surface area contributed by atoms with Gasteiger partial charge in [-0.25, -0.2) is 4.39 Å². The van der Waals surface area contributed by atoms with Crippen LogP contribution >= 0.6 is 0 Å². The zero-order valence-electron chi connectivity index (χ0n) is 17.0. The van der Waals surface area contributed by atoms with Gasteiger partial charge in [-0.3, -0.25) is 4.79 Å².